The van der Waals surface area contributed by atoms with Crippen molar-refractivity contribution >= 4 is 16.4 Å². The number of fused-ring (bicyclic) bond motifs is 3. The molecular formula is C19H12F3N7O2. The third-order valence-electron chi connectivity index (χ3n) is 4.52. The number of hydrogen-bond acceptors (Lipinski definition) is 8. The van der Waals surface area contributed by atoms with E-state index in [0.717, 1.165) is 6.07 Å². The number of aromatic nitrogens is 7. The number of alkyl halides is 3. The van der Waals surface area contributed by atoms with E-state index in [0.29, 0.717) is 33.7 Å². The maximum Gasteiger partial charge on any atom is 0.418 e. The molecule has 9 nitrogen and oxygen atoms in total. The van der Waals surface area contributed by atoms with Gasteiger partial charge in [0.05, 0.1) is 16.6 Å². The fraction of sp³-hybridized carbons (Fsp3) is 0.158. The van der Waals surface area contributed by atoms with Crippen LogP contribution in [0.3, 0.4) is 0 Å². The van der Waals surface area contributed by atoms with E-state index in [4.69, 9.17) is 9.26 Å². The van der Waals surface area contributed by atoms with Crippen LogP contribution in [0.25, 0.3) is 27.9 Å². The van der Waals surface area contributed by atoms with Gasteiger partial charge in [0.2, 0.25) is 11.7 Å². The lowest BCUT2D eigenvalue weighted by Crippen LogP contribution is -2.13. The number of ether oxygens (including phenoxy) is 1. The van der Waals surface area contributed by atoms with E-state index in [1.165, 1.54) is 23.0 Å². The third-order valence-corrected chi connectivity index (χ3v) is 4.52. The van der Waals surface area contributed by atoms with Crippen LogP contribution in [0.5, 0.6) is 5.88 Å². The summed E-state index contributed by atoms with van der Waals surface area (Å²) in [5.74, 6) is 0.919. The second-order valence-corrected chi connectivity index (χ2v) is 6.59. The zero-order valence-electron chi connectivity index (χ0n) is 15.8. The van der Waals surface area contributed by atoms with Gasteiger partial charge in [-0.1, -0.05) is 5.16 Å². The van der Waals surface area contributed by atoms with Gasteiger partial charge in [-0.2, -0.15) is 17.7 Å². The van der Waals surface area contributed by atoms with Crippen LogP contribution in [0.2, 0.25) is 0 Å². The van der Waals surface area contributed by atoms with Gasteiger partial charge in [-0.15, -0.1) is 15.3 Å². The lowest BCUT2D eigenvalue weighted by atomic mass is 10.2. The number of halogens is 3. The number of rotatable bonds is 4. The van der Waals surface area contributed by atoms with E-state index in [1.807, 2.05) is 0 Å². The number of hydrogen-bond donors (Lipinski definition) is 0. The molecule has 0 atom stereocenters. The van der Waals surface area contributed by atoms with Crippen molar-refractivity contribution in [1.82, 2.24) is 34.9 Å². The van der Waals surface area contributed by atoms with Gasteiger partial charge in [-0.3, -0.25) is 9.97 Å². The van der Waals surface area contributed by atoms with E-state index >= 15 is 0 Å². The molecule has 0 saturated heterocycles. The summed E-state index contributed by atoms with van der Waals surface area (Å²) in [6.45, 7) is 1.28. The van der Waals surface area contributed by atoms with Crippen molar-refractivity contribution in [1.29, 1.82) is 0 Å². The summed E-state index contributed by atoms with van der Waals surface area (Å²) in [7, 11) is 0. The number of aryl methyl sites for hydroxylation is 1. The van der Waals surface area contributed by atoms with Gasteiger partial charge in [-0.25, -0.2) is 0 Å². The van der Waals surface area contributed by atoms with E-state index in [2.05, 4.69) is 30.4 Å². The third kappa shape index (κ3) is 3.31. The van der Waals surface area contributed by atoms with E-state index in [1.54, 1.807) is 25.3 Å². The second-order valence-electron chi connectivity index (χ2n) is 6.59. The Morgan fingerprint density at radius 2 is 2.00 bits per heavy atom. The molecule has 0 radical (unpaired) electrons. The van der Waals surface area contributed by atoms with Crippen LogP contribution in [0.1, 0.15) is 17.0 Å². The molecule has 156 valence electrons. The fourth-order valence-electron chi connectivity index (χ4n) is 3.13. The summed E-state index contributed by atoms with van der Waals surface area (Å²) in [5.41, 5.74) is -0.318. The first-order valence-corrected chi connectivity index (χ1v) is 8.98. The largest absolute Gasteiger partial charge is 0.470 e. The maximum atomic E-state index is 13.3. The minimum Gasteiger partial charge on any atom is -0.470 e. The first-order chi connectivity index (χ1) is 14.9. The Morgan fingerprint density at radius 3 is 2.77 bits per heavy atom. The van der Waals surface area contributed by atoms with Crippen LogP contribution in [-0.2, 0) is 12.8 Å². The summed E-state index contributed by atoms with van der Waals surface area (Å²) >= 11 is 0. The Morgan fingerprint density at radius 1 is 1.13 bits per heavy atom. The molecule has 0 aromatic carbocycles. The molecular weight excluding hydrogens is 415 g/mol. The Balaban J connectivity index is 1.62. The Labute approximate surface area is 171 Å². The SMILES string of the molecule is Cc1cc(-c2nnc3c4ccncc4c(OCc4ncccc4C(F)(F)F)nn23)no1. The van der Waals surface area contributed by atoms with Crippen LogP contribution in [-0.4, -0.2) is 34.9 Å². The van der Waals surface area contributed by atoms with Gasteiger partial charge < -0.3 is 9.26 Å². The minimum absolute atomic E-state index is 0.0515. The number of pyridine rings is 2. The van der Waals surface area contributed by atoms with Crippen LogP contribution in [0, 0.1) is 6.92 Å². The molecule has 0 aliphatic heterocycles. The molecule has 0 unspecified atom stereocenters. The molecule has 0 spiro atoms. The van der Waals surface area contributed by atoms with Gasteiger partial charge in [0.25, 0.3) is 0 Å². The molecule has 5 aromatic heterocycles. The highest BCUT2D eigenvalue weighted by atomic mass is 19.4. The zero-order valence-corrected chi connectivity index (χ0v) is 15.8. The molecule has 31 heavy (non-hydrogen) atoms. The standard InChI is InChI=1S/C19H12F3N7O2/c1-10-7-14(28-31-10)17-26-25-16-11-4-6-23-8-12(11)18(27-29(16)17)30-9-15-13(19(20,21)22)3-2-5-24-15/h2-8H,9H2,1H3. The maximum absolute atomic E-state index is 13.3. The van der Waals surface area contributed by atoms with Crippen molar-refractivity contribution in [2.24, 2.45) is 0 Å². The first-order valence-electron chi connectivity index (χ1n) is 8.98. The predicted molar refractivity (Wildman–Crippen MR) is 99.9 cm³/mol. The van der Waals surface area contributed by atoms with E-state index in [9.17, 15) is 13.2 Å². The molecule has 0 bridgehead atoms. The van der Waals surface area contributed by atoms with Gasteiger partial charge in [0.15, 0.2) is 11.3 Å². The highest BCUT2D eigenvalue weighted by Crippen LogP contribution is 2.32. The lowest BCUT2D eigenvalue weighted by molar-refractivity contribution is -0.138. The molecule has 0 amide bonds. The first kappa shape index (κ1) is 18.9. The summed E-state index contributed by atoms with van der Waals surface area (Å²) in [5, 5.41) is 17.7. The van der Waals surface area contributed by atoms with E-state index < -0.39 is 18.3 Å². The van der Waals surface area contributed by atoms with Gasteiger partial charge in [0, 0.05) is 30.0 Å². The molecule has 0 saturated carbocycles. The zero-order chi connectivity index (χ0) is 21.6. The van der Waals surface area contributed by atoms with Crippen LogP contribution < -0.4 is 4.74 Å². The summed E-state index contributed by atoms with van der Waals surface area (Å²) in [4.78, 5) is 7.88. The molecule has 0 aliphatic carbocycles. The Kier molecular flexibility index (Phi) is 4.27. The number of nitrogens with zero attached hydrogens (tertiary/aromatic N) is 7. The van der Waals surface area contributed by atoms with Crippen LogP contribution in [0.15, 0.2) is 47.4 Å². The normalized spacial score (nSPS) is 12.0. The van der Waals surface area contributed by atoms with Crippen LogP contribution >= 0.6 is 0 Å². The molecule has 5 rings (SSSR count). The van der Waals surface area contributed by atoms with Gasteiger partial charge in [-0.05, 0) is 25.1 Å². The highest BCUT2D eigenvalue weighted by molar-refractivity contribution is 5.96. The molecule has 0 N–H and O–H groups in total. The monoisotopic (exact) mass is 427 g/mol. The van der Waals surface area contributed by atoms with Crippen molar-refractivity contribution in [3.8, 4) is 17.4 Å². The van der Waals surface area contributed by atoms with Crippen molar-refractivity contribution in [2.45, 2.75) is 19.7 Å². The van der Waals surface area contributed by atoms with Crippen LogP contribution in [0.4, 0.5) is 13.2 Å². The molecule has 0 aliphatic rings. The van der Waals surface area contributed by atoms with Crippen molar-refractivity contribution in [3.63, 3.8) is 0 Å². The van der Waals surface area contributed by atoms with Crippen molar-refractivity contribution < 1.29 is 22.4 Å². The van der Waals surface area contributed by atoms with Crippen molar-refractivity contribution in [2.75, 3.05) is 0 Å². The predicted octanol–water partition coefficient (Wildman–Crippen LogP) is 3.63. The summed E-state index contributed by atoms with van der Waals surface area (Å²) in [6, 6.07) is 5.53. The minimum atomic E-state index is -4.56. The average Bonchev–Trinajstić information content (AvgIpc) is 3.37. The van der Waals surface area contributed by atoms with Gasteiger partial charge >= 0.3 is 6.18 Å². The van der Waals surface area contributed by atoms with Crippen molar-refractivity contribution in [3.05, 3.63) is 59.9 Å². The quantitative estimate of drug-likeness (QED) is 0.428. The van der Waals surface area contributed by atoms with Gasteiger partial charge in [0.1, 0.15) is 12.4 Å². The van der Waals surface area contributed by atoms with E-state index in [-0.39, 0.29) is 11.6 Å². The molecule has 5 aromatic rings. The molecule has 12 heteroatoms. The lowest BCUT2D eigenvalue weighted by Gasteiger charge is -2.13. The summed E-state index contributed by atoms with van der Waals surface area (Å²) in [6.07, 6.45) is -0.230. The molecule has 0 fully saturated rings. The second kappa shape index (κ2) is 7.00. The topological polar surface area (TPSA) is 104 Å². The highest BCUT2D eigenvalue weighted by Gasteiger charge is 2.34. The summed E-state index contributed by atoms with van der Waals surface area (Å²) < 4.78 is 52.0. The average molecular weight is 427 g/mol. The smallest absolute Gasteiger partial charge is 0.418 e. The Bertz CT molecular complexity index is 1410. The molecule has 5 heterocycles. The fourth-order valence-corrected chi connectivity index (χ4v) is 3.13. The Hall–Kier alpha value is -4.09.